The van der Waals surface area contributed by atoms with Crippen molar-refractivity contribution in [1.82, 2.24) is 14.7 Å². The number of benzene rings is 1. The average molecular weight is 375 g/mol. The molecule has 1 fully saturated rings. The minimum Gasteiger partial charge on any atom is -0.481 e. The lowest BCUT2D eigenvalue weighted by molar-refractivity contribution is -0.155. The first kappa shape index (κ1) is 19.0. The summed E-state index contributed by atoms with van der Waals surface area (Å²) in [6, 6.07) is 5.91. The van der Waals surface area contributed by atoms with Crippen LogP contribution in [-0.2, 0) is 9.53 Å². The fourth-order valence-electron chi connectivity index (χ4n) is 3.55. The summed E-state index contributed by atoms with van der Waals surface area (Å²) in [5, 5.41) is 13.9. The molecular weight excluding hydrogens is 353 g/mol. The molecule has 1 aromatic heterocycles. The van der Waals surface area contributed by atoms with E-state index in [1.54, 1.807) is 25.3 Å². The maximum atomic E-state index is 13.3. The third kappa shape index (κ3) is 3.71. The molecule has 3 rings (SSSR count). The van der Waals surface area contributed by atoms with E-state index in [9.17, 15) is 19.1 Å². The molecular formula is C19H22FN3O4. The number of hydrogen-bond donors (Lipinski definition) is 1. The number of carboxylic acid groups (broad SMARTS) is 1. The Kier molecular flexibility index (Phi) is 5.27. The van der Waals surface area contributed by atoms with E-state index in [4.69, 9.17) is 4.74 Å². The van der Waals surface area contributed by atoms with E-state index < -0.39 is 11.4 Å². The van der Waals surface area contributed by atoms with Crippen molar-refractivity contribution in [2.45, 2.75) is 19.8 Å². The number of methoxy groups -OCH3 is 1. The number of carbonyl (C=O) groups is 2. The topological polar surface area (TPSA) is 84.7 Å². The molecule has 1 atom stereocenters. The molecule has 1 aliphatic rings. The van der Waals surface area contributed by atoms with Crippen molar-refractivity contribution >= 4 is 11.9 Å². The van der Waals surface area contributed by atoms with Crippen LogP contribution < -0.4 is 0 Å². The van der Waals surface area contributed by atoms with Gasteiger partial charge in [-0.15, -0.1) is 0 Å². The van der Waals surface area contributed by atoms with Crippen molar-refractivity contribution in [3.63, 3.8) is 0 Å². The maximum Gasteiger partial charge on any atom is 0.313 e. The highest BCUT2D eigenvalue weighted by Crippen LogP contribution is 2.31. The summed E-state index contributed by atoms with van der Waals surface area (Å²) in [5.74, 6) is -1.62. The Morgan fingerprint density at radius 2 is 2.15 bits per heavy atom. The molecule has 1 amide bonds. The third-order valence-electron chi connectivity index (χ3n) is 4.95. The monoisotopic (exact) mass is 375 g/mol. The highest BCUT2D eigenvalue weighted by molar-refractivity contribution is 5.93. The molecule has 1 saturated heterocycles. The van der Waals surface area contributed by atoms with Gasteiger partial charge in [0.15, 0.2) is 5.69 Å². The Morgan fingerprint density at radius 3 is 2.81 bits per heavy atom. The summed E-state index contributed by atoms with van der Waals surface area (Å²) in [6.07, 6.45) is 2.68. The smallest absolute Gasteiger partial charge is 0.313 e. The quantitative estimate of drug-likeness (QED) is 0.867. The van der Waals surface area contributed by atoms with Crippen LogP contribution in [0.2, 0.25) is 0 Å². The summed E-state index contributed by atoms with van der Waals surface area (Å²) in [7, 11) is 1.46. The molecule has 1 aliphatic heterocycles. The van der Waals surface area contributed by atoms with Crippen LogP contribution in [0.5, 0.6) is 0 Å². The van der Waals surface area contributed by atoms with Gasteiger partial charge in [0.1, 0.15) is 11.2 Å². The van der Waals surface area contributed by atoms with Crippen molar-refractivity contribution in [3.8, 4) is 5.69 Å². The molecule has 144 valence electrons. The Bertz CT molecular complexity index is 862. The summed E-state index contributed by atoms with van der Waals surface area (Å²) in [4.78, 5) is 26.1. The Balaban J connectivity index is 1.82. The van der Waals surface area contributed by atoms with Crippen molar-refractivity contribution in [2.75, 3.05) is 26.8 Å². The number of nitrogens with zero attached hydrogens (tertiary/aromatic N) is 3. The van der Waals surface area contributed by atoms with E-state index in [1.165, 1.54) is 28.8 Å². The number of aryl methyl sites for hydroxylation is 1. The van der Waals surface area contributed by atoms with Crippen molar-refractivity contribution in [1.29, 1.82) is 0 Å². The summed E-state index contributed by atoms with van der Waals surface area (Å²) in [5.41, 5.74) is 0.490. The van der Waals surface area contributed by atoms with E-state index >= 15 is 0 Å². The van der Waals surface area contributed by atoms with Crippen molar-refractivity contribution in [2.24, 2.45) is 5.41 Å². The lowest BCUT2D eigenvalue weighted by atomic mass is 9.80. The van der Waals surface area contributed by atoms with Gasteiger partial charge in [0.2, 0.25) is 0 Å². The molecule has 0 aliphatic carbocycles. The van der Waals surface area contributed by atoms with E-state index in [0.717, 1.165) is 0 Å². The molecule has 2 aromatic rings. The normalized spacial score (nSPS) is 19.9. The highest BCUT2D eigenvalue weighted by Gasteiger charge is 2.44. The van der Waals surface area contributed by atoms with E-state index in [1.807, 2.05) is 0 Å². The predicted octanol–water partition coefficient (Wildman–Crippen LogP) is 2.27. The summed E-state index contributed by atoms with van der Waals surface area (Å²) in [6.45, 7) is 2.37. The lowest BCUT2D eigenvalue weighted by Gasteiger charge is -2.39. The number of ether oxygens (including phenoxy) is 1. The molecule has 0 bridgehead atoms. The number of aliphatic carboxylic acids is 1. The van der Waals surface area contributed by atoms with Gasteiger partial charge in [-0.3, -0.25) is 9.59 Å². The molecule has 1 unspecified atom stereocenters. The number of piperidine rings is 1. The molecule has 0 radical (unpaired) electrons. The average Bonchev–Trinajstić information content (AvgIpc) is 3.11. The molecule has 8 heteroatoms. The second-order valence-electron chi connectivity index (χ2n) is 6.93. The first-order valence-corrected chi connectivity index (χ1v) is 8.70. The number of carboxylic acids is 1. The standard InChI is InChI=1S/C19H22FN3O4/c1-13-10-14(20)4-5-16(13)23-9-6-15(21-23)17(24)22-8-3-7-19(11-22,12-27-2)18(25)26/h4-6,9-10H,3,7-8,11-12H2,1-2H3,(H,25,26). The van der Waals surface area contributed by atoms with Crippen LogP contribution >= 0.6 is 0 Å². The van der Waals surface area contributed by atoms with Gasteiger partial charge in [-0.2, -0.15) is 5.10 Å². The van der Waals surface area contributed by atoms with Gasteiger partial charge in [0.25, 0.3) is 5.91 Å². The fourth-order valence-corrected chi connectivity index (χ4v) is 3.55. The van der Waals surface area contributed by atoms with E-state index in [2.05, 4.69) is 5.10 Å². The van der Waals surface area contributed by atoms with Gasteiger partial charge < -0.3 is 14.7 Å². The zero-order valence-electron chi connectivity index (χ0n) is 15.3. The lowest BCUT2D eigenvalue weighted by Crippen LogP contribution is -2.52. The van der Waals surface area contributed by atoms with Gasteiger partial charge >= 0.3 is 5.97 Å². The van der Waals surface area contributed by atoms with Crippen molar-refractivity contribution < 1.29 is 23.8 Å². The number of halogens is 1. The van der Waals surface area contributed by atoms with Crippen LogP contribution in [0.1, 0.15) is 28.9 Å². The van der Waals surface area contributed by atoms with Crippen LogP contribution in [0.3, 0.4) is 0 Å². The first-order chi connectivity index (χ1) is 12.9. The van der Waals surface area contributed by atoms with Crippen LogP contribution in [0, 0.1) is 18.2 Å². The van der Waals surface area contributed by atoms with Gasteiger partial charge in [0, 0.05) is 26.4 Å². The minimum absolute atomic E-state index is 0.0509. The summed E-state index contributed by atoms with van der Waals surface area (Å²) >= 11 is 0. The fraction of sp³-hybridized carbons (Fsp3) is 0.421. The predicted molar refractivity (Wildman–Crippen MR) is 95.3 cm³/mol. The Labute approximate surface area is 156 Å². The van der Waals surface area contributed by atoms with Crippen LogP contribution in [0.4, 0.5) is 4.39 Å². The maximum absolute atomic E-state index is 13.3. The second kappa shape index (κ2) is 7.48. The van der Waals surface area contributed by atoms with E-state index in [0.29, 0.717) is 30.6 Å². The van der Waals surface area contributed by atoms with Crippen LogP contribution in [-0.4, -0.2) is 58.5 Å². The molecule has 0 spiro atoms. The van der Waals surface area contributed by atoms with E-state index in [-0.39, 0.29) is 30.6 Å². The SMILES string of the molecule is COCC1(C(=O)O)CCCN(C(=O)c2ccn(-c3ccc(F)cc3C)n2)C1. The Morgan fingerprint density at radius 1 is 1.37 bits per heavy atom. The zero-order valence-corrected chi connectivity index (χ0v) is 15.3. The number of amides is 1. The molecule has 27 heavy (non-hydrogen) atoms. The summed E-state index contributed by atoms with van der Waals surface area (Å²) < 4.78 is 19.9. The van der Waals surface area contributed by atoms with Gasteiger partial charge in [0.05, 0.1) is 12.3 Å². The van der Waals surface area contributed by atoms with Gasteiger partial charge in [-0.1, -0.05) is 0 Å². The molecule has 7 nitrogen and oxygen atoms in total. The number of likely N-dealkylation sites (tertiary alicyclic amines) is 1. The second-order valence-corrected chi connectivity index (χ2v) is 6.93. The van der Waals surface area contributed by atoms with Crippen molar-refractivity contribution in [3.05, 3.63) is 47.5 Å². The first-order valence-electron chi connectivity index (χ1n) is 8.70. The van der Waals surface area contributed by atoms with Crippen LogP contribution in [0.15, 0.2) is 30.5 Å². The zero-order chi connectivity index (χ0) is 19.6. The van der Waals surface area contributed by atoms with Gasteiger partial charge in [-0.05, 0) is 49.6 Å². The molecule has 1 N–H and O–H groups in total. The highest BCUT2D eigenvalue weighted by atomic mass is 19.1. The Hall–Kier alpha value is -2.74. The minimum atomic E-state index is -1.10. The molecule has 0 saturated carbocycles. The molecule has 2 heterocycles. The third-order valence-corrected chi connectivity index (χ3v) is 4.95. The van der Waals surface area contributed by atoms with Crippen LogP contribution in [0.25, 0.3) is 5.69 Å². The number of carbonyl (C=O) groups excluding carboxylic acids is 1. The van der Waals surface area contributed by atoms with Gasteiger partial charge in [-0.25, -0.2) is 9.07 Å². The number of hydrogen-bond acceptors (Lipinski definition) is 4. The number of aromatic nitrogens is 2. The number of rotatable bonds is 5. The largest absolute Gasteiger partial charge is 0.481 e. The molecule has 1 aromatic carbocycles.